The molecule has 0 aliphatic carbocycles. The molecule has 0 spiro atoms. The van der Waals surface area contributed by atoms with Crippen molar-refractivity contribution in [2.75, 3.05) is 13.2 Å². The van der Waals surface area contributed by atoms with Crippen LogP contribution >= 0.6 is 0 Å². The van der Waals surface area contributed by atoms with Gasteiger partial charge in [0.1, 0.15) is 0 Å². The number of esters is 1. The summed E-state index contributed by atoms with van der Waals surface area (Å²) in [6.45, 7) is 4.99. The SMILES string of the molecule is CCCCCCCC/C=C\CCCCCCCCCC(=O)OCCCCCCCCCCCCCC/C=C\CCCCCCCCCCCCCCC(=O)NC(CO)C(O)CCCCCCCCCCCCCCCCCCCCCC. The van der Waals surface area contributed by atoms with Crippen molar-refractivity contribution in [2.45, 2.75) is 437 Å². The predicted molar refractivity (Wildman–Crippen MR) is 361 cm³/mol. The molecule has 6 heteroatoms. The van der Waals surface area contributed by atoms with E-state index >= 15 is 0 Å². The van der Waals surface area contributed by atoms with Crippen molar-refractivity contribution >= 4 is 11.9 Å². The Morgan fingerprint density at radius 1 is 0.329 bits per heavy atom. The Hall–Kier alpha value is -1.66. The highest BCUT2D eigenvalue weighted by Crippen LogP contribution is 2.19. The molecule has 0 aromatic heterocycles. The van der Waals surface area contributed by atoms with Crippen molar-refractivity contribution in [3.05, 3.63) is 24.3 Å². The van der Waals surface area contributed by atoms with E-state index in [-0.39, 0.29) is 18.5 Å². The number of rotatable bonds is 71. The molecule has 0 aliphatic heterocycles. The second kappa shape index (κ2) is 71.8. The highest BCUT2D eigenvalue weighted by atomic mass is 16.5. The lowest BCUT2D eigenvalue weighted by Gasteiger charge is -2.22. The van der Waals surface area contributed by atoms with E-state index in [9.17, 15) is 19.8 Å². The number of aliphatic hydroxyl groups is 2. The number of carbonyl (C=O) groups is 2. The molecule has 486 valence electrons. The quantitative estimate of drug-likeness (QED) is 0.0320. The summed E-state index contributed by atoms with van der Waals surface area (Å²) < 4.78 is 5.50. The number of amides is 1. The van der Waals surface area contributed by atoms with Crippen LogP contribution in [0.4, 0.5) is 0 Å². The Morgan fingerprint density at radius 3 is 0.866 bits per heavy atom. The topological polar surface area (TPSA) is 95.9 Å². The highest BCUT2D eigenvalue weighted by molar-refractivity contribution is 5.76. The van der Waals surface area contributed by atoms with Gasteiger partial charge in [0.15, 0.2) is 0 Å². The first kappa shape index (κ1) is 80.3. The Labute approximate surface area is 513 Å². The van der Waals surface area contributed by atoms with Crippen LogP contribution in [0.25, 0.3) is 0 Å². The Kier molecular flexibility index (Phi) is 70.4. The van der Waals surface area contributed by atoms with Crippen LogP contribution in [0, 0.1) is 0 Å². The molecule has 0 radical (unpaired) electrons. The van der Waals surface area contributed by atoms with Crippen molar-refractivity contribution in [3.8, 4) is 0 Å². The molecule has 0 rings (SSSR count). The average Bonchev–Trinajstić information content (AvgIpc) is 3.48. The molecule has 3 N–H and O–H groups in total. The van der Waals surface area contributed by atoms with E-state index < -0.39 is 12.1 Å². The lowest BCUT2D eigenvalue weighted by atomic mass is 10.0. The van der Waals surface area contributed by atoms with Gasteiger partial charge < -0.3 is 20.3 Å². The summed E-state index contributed by atoms with van der Waals surface area (Å²) >= 11 is 0. The van der Waals surface area contributed by atoms with E-state index in [4.69, 9.17) is 4.74 Å². The zero-order valence-corrected chi connectivity index (χ0v) is 55.8. The first-order valence-corrected chi connectivity index (χ1v) is 37.6. The van der Waals surface area contributed by atoms with E-state index in [1.54, 1.807) is 0 Å². The number of unbranched alkanes of at least 4 members (excludes halogenated alkanes) is 56. The number of hydrogen-bond acceptors (Lipinski definition) is 5. The van der Waals surface area contributed by atoms with Gasteiger partial charge in [-0.05, 0) is 77.0 Å². The predicted octanol–water partition coefficient (Wildman–Crippen LogP) is 24.5. The summed E-state index contributed by atoms with van der Waals surface area (Å²) in [6, 6.07) is -0.542. The van der Waals surface area contributed by atoms with Gasteiger partial charge in [-0.3, -0.25) is 9.59 Å². The lowest BCUT2D eigenvalue weighted by molar-refractivity contribution is -0.143. The first-order valence-electron chi connectivity index (χ1n) is 37.6. The Bertz CT molecular complexity index is 1280. The molecule has 2 atom stereocenters. The molecule has 0 bridgehead atoms. The number of allylic oxidation sites excluding steroid dienone is 4. The molecule has 0 heterocycles. The summed E-state index contributed by atoms with van der Waals surface area (Å²) in [6.07, 6.45) is 91.0. The van der Waals surface area contributed by atoms with Gasteiger partial charge in [0.2, 0.25) is 5.91 Å². The minimum atomic E-state index is -0.665. The second-order valence-corrected chi connectivity index (χ2v) is 26.0. The minimum Gasteiger partial charge on any atom is -0.466 e. The normalized spacial score (nSPS) is 12.6. The van der Waals surface area contributed by atoms with Gasteiger partial charge in [-0.15, -0.1) is 0 Å². The Balaban J connectivity index is 3.37. The molecular formula is C76H147NO5. The van der Waals surface area contributed by atoms with E-state index in [1.165, 1.54) is 347 Å². The van der Waals surface area contributed by atoms with Gasteiger partial charge in [0.05, 0.1) is 25.4 Å². The maximum absolute atomic E-state index is 12.5. The minimum absolute atomic E-state index is 0.0135. The number of aliphatic hydroxyl groups excluding tert-OH is 2. The molecule has 0 aromatic rings. The number of ether oxygens (including phenoxy) is 1. The molecular weight excluding hydrogens is 1010 g/mol. The fourth-order valence-electron chi connectivity index (χ4n) is 12.0. The fourth-order valence-corrected chi connectivity index (χ4v) is 12.0. The van der Waals surface area contributed by atoms with Gasteiger partial charge in [-0.1, -0.05) is 359 Å². The molecule has 2 unspecified atom stereocenters. The third-order valence-electron chi connectivity index (χ3n) is 17.7. The summed E-state index contributed by atoms with van der Waals surface area (Å²) in [5, 5.41) is 23.4. The van der Waals surface area contributed by atoms with E-state index in [0.717, 1.165) is 44.9 Å². The van der Waals surface area contributed by atoms with Crippen molar-refractivity contribution in [1.29, 1.82) is 0 Å². The zero-order chi connectivity index (χ0) is 59.2. The van der Waals surface area contributed by atoms with Crippen LogP contribution in [-0.4, -0.2) is 47.4 Å². The van der Waals surface area contributed by atoms with E-state index in [1.807, 2.05) is 0 Å². The molecule has 1 amide bonds. The maximum atomic E-state index is 12.5. The third-order valence-corrected chi connectivity index (χ3v) is 17.7. The molecule has 6 nitrogen and oxygen atoms in total. The van der Waals surface area contributed by atoms with Crippen LogP contribution in [0.1, 0.15) is 425 Å². The summed E-state index contributed by atoms with van der Waals surface area (Å²) in [4.78, 5) is 24.7. The van der Waals surface area contributed by atoms with Gasteiger partial charge in [0.25, 0.3) is 0 Å². The summed E-state index contributed by atoms with van der Waals surface area (Å²) in [5.41, 5.74) is 0. The maximum Gasteiger partial charge on any atom is 0.305 e. The third kappa shape index (κ3) is 67.5. The van der Waals surface area contributed by atoms with E-state index in [0.29, 0.717) is 25.9 Å². The largest absolute Gasteiger partial charge is 0.466 e. The standard InChI is InChI=1S/C76H147NO5/c1-3-5-7-9-11-13-15-17-19-21-22-33-37-40-44-48-52-56-60-64-68-74(79)73(72-78)77-75(80)69-65-61-57-53-49-45-41-38-34-31-29-27-25-23-24-26-28-30-32-35-39-43-47-51-55-59-63-67-71-82-76(81)70-66-62-58-54-50-46-42-36-20-18-16-14-12-10-8-6-4-2/h18,20,23-24,73-74,78-79H,3-17,19,21-22,25-72H2,1-2H3,(H,77,80)/b20-18-,24-23-. The van der Waals surface area contributed by atoms with Crippen molar-refractivity contribution in [3.63, 3.8) is 0 Å². The van der Waals surface area contributed by atoms with Crippen LogP contribution in [0.15, 0.2) is 24.3 Å². The molecule has 82 heavy (non-hydrogen) atoms. The summed E-state index contributed by atoms with van der Waals surface area (Å²) in [5.74, 6) is -0.0168. The molecule has 0 saturated carbocycles. The van der Waals surface area contributed by atoms with E-state index in [2.05, 4.69) is 43.5 Å². The van der Waals surface area contributed by atoms with Crippen LogP contribution in [-0.2, 0) is 14.3 Å². The Morgan fingerprint density at radius 2 is 0.573 bits per heavy atom. The number of nitrogens with one attached hydrogen (secondary N) is 1. The van der Waals surface area contributed by atoms with Crippen molar-refractivity contribution in [1.82, 2.24) is 5.32 Å². The van der Waals surface area contributed by atoms with Crippen LogP contribution < -0.4 is 5.32 Å². The highest BCUT2D eigenvalue weighted by Gasteiger charge is 2.20. The monoisotopic (exact) mass is 1150 g/mol. The number of hydrogen-bond donors (Lipinski definition) is 3. The molecule has 0 fully saturated rings. The second-order valence-electron chi connectivity index (χ2n) is 26.0. The smallest absolute Gasteiger partial charge is 0.305 e. The zero-order valence-electron chi connectivity index (χ0n) is 55.8. The molecule has 0 aliphatic rings. The van der Waals surface area contributed by atoms with Crippen LogP contribution in [0.2, 0.25) is 0 Å². The van der Waals surface area contributed by atoms with Crippen molar-refractivity contribution < 1.29 is 24.5 Å². The number of carbonyl (C=O) groups excluding carboxylic acids is 2. The average molecular weight is 1160 g/mol. The van der Waals surface area contributed by atoms with Crippen molar-refractivity contribution in [2.24, 2.45) is 0 Å². The van der Waals surface area contributed by atoms with Gasteiger partial charge in [-0.25, -0.2) is 0 Å². The molecule has 0 aromatic carbocycles. The first-order chi connectivity index (χ1) is 40.5. The van der Waals surface area contributed by atoms with Gasteiger partial charge in [-0.2, -0.15) is 0 Å². The van der Waals surface area contributed by atoms with Gasteiger partial charge >= 0.3 is 5.97 Å². The lowest BCUT2D eigenvalue weighted by Crippen LogP contribution is -2.45. The van der Waals surface area contributed by atoms with Crippen LogP contribution in [0.3, 0.4) is 0 Å². The van der Waals surface area contributed by atoms with Gasteiger partial charge in [0, 0.05) is 12.8 Å². The summed E-state index contributed by atoms with van der Waals surface area (Å²) in [7, 11) is 0. The fraction of sp³-hybridized carbons (Fsp3) is 0.921. The molecule has 0 saturated heterocycles. The van der Waals surface area contributed by atoms with Crippen LogP contribution in [0.5, 0.6) is 0 Å².